The summed E-state index contributed by atoms with van der Waals surface area (Å²) in [4.78, 5) is 0. The molecule has 0 radical (unpaired) electrons. The maximum atomic E-state index is 9.54. The van der Waals surface area contributed by atoms with Crippen LogP contribution in [-0.2, 0) is 4.74 Å². The quantitative estimate of drug-likeness (QED) is 0.610. The molecule has 1 rings (SSSR count). The molecule has 2 atom stereocenters. The minimum Gasteiger partial charge on any atom is -0.392 e. The van der Waals surface area contributed by atoms with Crippen molar-refractivity contribution in [1.29, 1.82) is 0 Å². The van der Waals surface area contributed by atoms with Gasteiger partial charge in [0.15, 0.2) is 0 Å². The largest absolute Gasteiger partial charge is 0.392 e. The SMILES string of the molecule is CCCOCCCN[C@H]1CCC[C@@H]1O. The summed E-state index contributed by atoms with van der Waals surface area (Å²) in [7, 11) is 0. The van der Waals surface area contributed by atoms with Crippen molar-refractivity contribution < 1.29 is 9.84 Å². The number of hydrogen-bond acceptors (Lipinski definition) is 3. The Kier molecular flexibility index (Phi) is 6.15. The van der Waals surface area contributed by atoms with E-state index in [2.05, 4.69) is 12.2 Å². The molecule has 1 aliphatic carbocycles. The molecule has 3 nitrogen and oxygen atoms in total. The van der Waals surface area contributed by atoms with Crippen LogP contribution in [0.5, 0.6) is 0 Å². The fraction of sp³-hybridized carbons (Fsp3) is 1.00. The van der Waals surface area contributed by atoms with Crippen molar-refractivity contribution in [3.63, 3.8) is 0 Å². The molecule has 1 saturated carbocycles. The van der Waals surface area contributed by atoms with Crippen LogP contribution in [0.3, 0.4) is 0 Å². The van der Waals surface area contributed by atoms with E-state index in [-0.39, 0.29) is 6.10 Å². The first-order valence-electron chi connectivity index (χ1n) is 5.83. The predicted molar refractivity (Wildman–Crippen MR) is 57.4 cm³/mol. The average molecular weight is 201 g/mol. The third-order valence-electron chi connectivity index (χ3n) is 2.70. The third-order valence-corrected chi connectivity index (χ3v) is 2.70. The van der Waals surface area contributed by atoms with Crippen LogP contribution in [0, 0.1) is 0 Å². The number of aliphatic hydroxyl groups is 1. The van der Waals surface area contributed by atoms with E-state index in [0.717, 1.165) is 51.9 Å². The number of ether oxygens (including phenoxy) is 1. The third kappa shape index (κ3) is 4.40. The number of aliphatic hydroxyl groups excluding tert-OH is 1. The predicted octanol–water partition coefficient (Wildman–Crippen LogP) is 1.31. The Balaban J connectivity index is 1.88. The first-order chi connectivity index (χ1) is 6.84. The van der Waals surface area contributed by atoms with Crippen LogP contribution in [0.1, 0.15) is 39.0 Å². The molecule has 0 amide bonds. The molecule has 0 aromatic heterocycles. The Hall–Kier alpha value is -0.120. The molecule has 2 N–H and O–H groups in total. The van der Waals surface area contributed by atoms with Crippen LogP contribution in [0.4, 0.5) is 0 Å². The van der Waals surface area contributed by atoms with Crippen molar-refractivity contribution in [1.82, 2.24) is 5.32 Å². The molecule has 0 unspecified atom stereocenters. The fourth-order valence-electron chi connectivity index (χ4n) is 1.89. The van der Waals surface area contributed by atoms with Gasteiger partial charge in [-0.25, -0.2) is 0 Å². The van der Waals surface area contributed by atoms with E-state index in [1.54, 1.807) is 0 Å². The summed E-state index contributed by atoms with van der Waals surface area (Å²) < 4.78 is 5.37. The normalized spacial score (nSPS) is 27.0. The smallest absolute Gasteiger partial charge is 0.0693 e. The van der Waals surface area contributed by atoms with E-state index in [1.807, 2.05) is 0 Å². The van der Waals surface area contributed by atoms with E-state index < -0.39 is 0 Å². The van der Waals surface area contributed by atoms with Crippen molar-refractivity contribution in [3.05, 3.63) is 0 Å². The zero-order valence-electron chi connectivity index (χ0n) is 9.17. The van der Waals surface area contributed by atoms with Gasteiger partial charge in [-0.3, -0.25) is 0 Å². The molecule has 3 heteroatoms. The van der Waals surface area contributed by atoms with E-state index in [1.165, 1.54) is 0 Å². The van der Waals surface area contributed by atoms with Crippen LogP contribution >= 0.6 is 0 Å². The summed E-state index contributed by atoms with van der Waals surface area (Å²) >= 11 is 0. The van der Waals surface area contributed by atoms with Gasteiger partial charge in [-0.05, 0) is 38.6 Å². The molecule has 0 aromatic carbocycles. The summed E-state index contributed by atoms with van der Waals surface area (Å²) in [6.45, 7) is 4.79. The highest BCUT2D eigenvalue weighted by atomic mass is 16.5. The maximum absolute atomic E-state index is 9.54. The summed E-state index contributed by atoms with van der Waals surface area (Å²) in [6.07, 6.45) is 5.26. The summed E-state index contributed by atoms with van der Waals surface area (Å²) in [6, 6.07) is 0.334. The second kappa shape index (κ2) is 7.21. The minimum atomic E-state index is -0.119. The Labute approximate surface area is 86.8 Å². The van der Waals surface area contributed by atoms with Gasteiger partial charge in [0.05, 0.1) is 6.10 Å². The van der Waals surface area contributed by atoms with Crippen molar-refractivity contribution in [2.45, 2.75) is 51.2 Å². The highest BCUT2D eigenvalue weighted by molar-refractivity contribution is 4.82. The molecule has 0 heterocycles. The Morgan fingerprint density at radius 2 is 2.21 bits per heavy atom. The Morgan fingerprint density at radius 3 is 2.86 bits per heavy atom. The Bertz CT molecular complexity index is 141. The summed E-state index contributed by atoms with van der Waals surface area (Å²) in [5, 5.41) is 12.9. The van der Waals surface area contributed by atoms with Crippen molar-refractivity contribution >= 4 is 0 Å². The van der Waals surface area contributed by atoms with Gasteiger partial charge in [-0.15, -0.1) is 0 Å². The molecule has 0 bridgehead atoms. The molecule has 84 valence electrons. The second-order valence-electron chi connectivity index (χ2n) is 4.02. The van der Waals surface area contributed by atoms with Gasteiger partial charge in [0.25, 0.3) is 0 Å². The highest BCUT2D eigenvalue weighted by Crippen LogP contribution is 2.18. The second-order valence-corrected chi connectivity index (χ2v) is 4.02. The maximum Gasteiger partial charge on any atom is 0.0693 e. The molecule has 14 heavy (non-hydrogen) atoms. The molecular formula is C11H23NO2. The van der Waals surface area contributed by atoms with Crippen molar-refractivity contribution in [2.24, 2.45) is 0 Å². The Morgan fingerprint density at radius 1 is 1.36 bits per heavy atom. The molecule has 0 saturated heterocycles. The zero-order chi connectivity index (χ0) is 10.2. The van der Waals surface area contributed by atoms with Crippen LogP contribution in [0.15, 0.2) is 0 Å². The van der Waals surface area contributed by atoms with E-state index >= 15 is 0 Å². The lowest BCUT2D eigenvalue weighted by Crippen LogP contribution is -2.36. The lowest BCUT2D eigenvalue weighted by molar-refractivity contribution is 0.124. The fourth-order valence-corrected chi connectivity index (χ4v) is 1.89. The summed E-state index contributed by atoms with van der Waals surface area (Å²) in [5.41, 5.74) is 0. The van der Waals surface area contributed by atoms with Crippen molar-refractivity contribution in [2.75, 3.05) is 19.8 Å². The lowest BCUT2D eigenvalue weighted by atomic mass is 10.2. The first kappa shape index (κ1) is 12.0. The van der Waals surface area contributed by atoms with Gasteiger partial charge in [-0.1, -0.05) is 6.92 Å². The molecule has 1 fully saturated rings. The summed E-state index contributed by atoms with van der Waals surface area (Å²) in [5.74, 6) is 0. The molecule has 0 spiro atoms. The van der Waals surface area contributed by atoms with Crippen LogP contribution in [0.25, 0.3) is 0 Å². The van der Waals surface area contributed by atoms with Gasteiger partial charge < -0.3 is 15.2 Å². The van der Waals surface area contributed by atoms with Gasteiger partial charge in [0, 0.05) is 19.3 Å². The van der Waals surface area contributed by atoms with E-state index in [0.29, 0.717) is 6.04 Å². The van der Waals surface area contributed by atoms with Gasteiger partial charge in [0.2, 0.25) is 0 Å². The first-order valence-corrected chi connectivity index (χ1v) is 5.83. The molecule has 0 aromatic rings. The average Bonchev–Trinajstić information content (AvgIpc) is 2.58. The van der Waals surface area contributed by atoms with Crippen molar-refractivity contribution in [3.8, 4) is 0 Å². The number of hydrogen-bond donors (Lipinski definition) is 2. The van der Waals surface area contributed by atoms with Crippen LogP contribution < -0.4 is 5.32 Å². The number of nitrogens with one attached hydrogen (secondary N) is 1. The van der Waals surface area contributed by atoms with Crippen LogP contribution in [-0.4, -0.2) is 37.0 Å². The van der Waals surface area contributed by atoms with E-state index in [4.69, 9.17) is 4.74 Å². The van der Waals surface area contributed by atoms with Gasteiger partial charge >= 0.3 is 0 Å². The van der Waals surface area contributed by atoms with Gasteiger partial charge in [0.1, 0.15) is 0 Å². The standard InChI is InChI=1S/C11H23NO2/c1-2-8-14-9-4-7-12-10-5-3-6-11(10)13/h10-13H,2-9H2,1H3/t10-,11-/m0/s1. The van der Waals surface area contributed by atoms with Gasteiger partial charge in [-0.2, -0.15) is 0 Å². The monoisotopic (exact) mass is 201 g/mol. The molecule has 0 aliphatic heterocycles. The lowest BCUT2D eigenvalue weighted by Gasteiger charge is -2.16. The molecular weight excluding hydrogens is 178 g/mol. The number of rotatable bonds is 7. The topological polar surface area (TPSA) is 41.5 Å². The highest BCUT2D eigenvalue weighted by Gasteiger charge is 2.23. The zero-order valence-corrected chi connectivity index (χ0v) is 9.17. The van der Waals surface area contributed by atoms with E-state index in [9.17, 15) is 5.11 Å². The minimum absolute atomic E-state index is 0.119. The molecule has 1 aliphatic rings. The van der Waals surface area contributed by atoms with Crippen LogP contribution in [0.2, 0.25) is 0 Å².